The maximum absolute atomic E-state index is 12.1. The van der Waals surface area contributed by atoms with E-state index in [1.807, 2.05) is 60.7 Å². The summed E-state index contributed by atoms with van der Waals surface area (Å²) in [5.41, 5.74) is 1.93. The molecule has 1 aliphatic heterocycles. The van der Waals surface area contributed by atoms with Gasteiger partial charge in [-0.05, 0) is 17.7 Å². The number of carbonyl (C=O) groups excluding carboxylic acids is 2. The third-order valence-electron chi connectivity index (χ3n) is 4.07. The molecule has 2 aromatic rings. The molecule has 23 heavy (non-hydrogen) atoms. The monoisotopic (exact) mass is 308 g/mol. The van der Waals surface area contributed by atoms with Crippen molar-refractivity contribution in [1.82, 2.24) is 5.32 Å². The lowest BCUT2D eigenvalue weighted by Crippen LogP contribution is -2.32. The van der Waals surface area contributed by atoms with Crippen molar-refractivity contribution in [2.24, 2.45) is 5.92 Å². The predicted octanol–water partition coefficient (Wildman–Crippen LogP) is 2.40. The first-order chi connectivity index (χ1) is 11.2. The van der Waals surface area contributed by atoms with E-state index in [4.69, 9.17) is 0 Å². The third kappa shape index (κ3) is 3.97. The summed E-state index contributed by atoms with van der Waals surface area (Å²) in [6.07, 6.45) is 0.865. The Hall–Kier alpha value is -2.62. The molecule has 0 saturated carbocycles. The molecule has 0 radical (unpaired) electrons. The van der Waals surface area contributed by atoms with Crippen LogP contribution in [0.3, 0.4) is 0 Å². The van der Waals surface area contributed by atoms with Crippen molar-refractivity contribution in [1.29, 1.82) is 0 Å². The molecule has 2 amide bonds. The van der Waals surface area contributed by atoms with Crippen LogP contribution in [0.1, 0.15) is 12.0 Å². The molecular formula is C19H20N2O2. The van der Waals surface area contributed by atoms with Gasteiger partial charge < -0.3 is 10.2 Å². The Balaban J connectivity index is 1.50. The Kier molecular flexibility index (Phi) is 4.71. The van der Waals surface area contributed by atoms with E-state index in [0.29, 0.717) is 25.9 Å². The number of para-hydroxylation sites is 1. The fourth-order valence-corrected chi connectivity index (χ4v) is 2.88. The Morgan fingerprint density at radius 3 is 2.39 bits per heavy atom. The van der Waals surface area contributed by atoms with Crippen LogP contribution >= 0.6 is 0 Å². The van der Waals surface area contributed by atoms with Gasteiger partial charge in [-0.1, -0.05) is 48.5 Å². The number of carbonyl (C=O) groups is 2. The first-order valence-electron chi connectivity index (χ1n) is 7.88. The van der Waals surface area contributed by atoms with Crippen LogP contribution in [0.15, 0.2) is 60.7 Å². The van der Waals surface area contributed by atoms with E-state index >= 15 is 0 Å². The van der Waals surface area contributed by atoms with Crippen LogP contribution in [0, 0.1) is 5.92 Å². The molecular weight excluding hydrogens is 288 g/mol. The van der Waals surface area contributed by atoms with Crippen molar-refractivity contribution in [3.8, 4) is 0 Å². The van der Waals surface area contributed by atoms with Gasteiger partial charge in [0.1, 0.15) is 0 Å². The zero-order valence-corrected chi connectivity index (χ0v) is 12.9. The molecule has 0 aliphatic carbocycles. The van der Waals surface area contributed by atoms with Gasteiger partial charge in [-0.3, -0.25) is 9.59 Å². The fourth-order valence-electron chi connectivity index (χ4n) is 2.88. The minimum atomic E-state index is 0.00168. The van der Waals surface area contributed by atoms with Gasteiger partial charge in [-0.25, -0.2) is 0 Å². The van der Waals surface area contributed by atoms with Gasteiger partial charge in [0.15, 0.2) is 0 Å². The number of benzene rings is 2. The number of hydrogen-bond donors (Lipinski definition) is 1. The first-order valence-corrected chi connectivity index (χ1v) is 7.88. The van der Waals surface area contributed by atoms with E-state index in [-0.39, 0.29) is 17.7 Å². The van der Waals surface area contributed by atoms with Crippen LogP contribution in [0.2, 0.25) is 0 Å². The normalized spacial score (nSPS) is 17.3. The highest BCUT2D eigenvalue weighted by Gasteiger charge is 2.30. The van der Waals surface area contributed by atoms with Crippen molar-refractivity contribution in [3.05, 3.63) is 66.2 Å². The van der Waals surface area contributed by atoms with E-state index in [1.165, 1.54) is 0 Å². The average Bonchev–Trinajstić information content (AvgIpc) is 2.96. The molecule has 1 heterocycles. The molecule has 1 saturated heterocycles. The molecule has 0 unspecified atom stereocenters. The van der Waals surface area contributed by atoms with Crippen LogP contribution in [0.4, 0.5) is 5.69 Å². The Morgan fingerprint density at radius 2 is 1.70 bits per heavy atom. The summed E-state index contributed by atoms with van der Waals surface area (Å²) in [4.78, 5) is 25.9. The highest BCUT2D eigenvalue weighted by molar-refractivity contribution is 5.95. The average molecular weight is 308 g/mol. The molecule has 4 heteroatoms. The number of rotatable bonds is 5. The Morgan fingerprint density at radius 1 is 1.04 bits per heavy atom. The predicted molar refractivity (Wildman–Crippen MR) is 90.1 cm³/mol. The van der Waals surface area contributed by atoms with Crippen LogP contribution in [-0.2, 0) is 16.0 Å². The number of amides is 2. The quantitative estimate of drug-likeness (QED) is 0.922. The van der Waals surface area contributed by atoms with E-state index in [1.54, 1.807) is 4.90 Å². The Bertz CT molecular complexity index is 670. The molecule has 1 fully saturated rings. The van der Waals surface area contributed by atoms with Crippen molar-refractivity contribution >= 4 is 17.5 Å². The lowest BCUT2D eigenvalue weighted by atomic mass is 10.1. The smallest absolute Gasteiger partial charge is 0.227 e. The van der Waals surface area contributed by atoms with Crippen molar-refractivity contribution in [2.45, 2.75) is 12.8 Å². The molecule has 0 spiro atoms. The van der Waals surface area contributed by atoms with E-state index in [9.17, 15) is 9.59 Å². The maximum atomic E-state index is 12.1. The van der Waals surface area contributed by atoms with Crippen molar-refractivity contribution in [3.63, 3.8) is 0 Å². The minimum absolute atomic E-state index is 0.00168. The molecule has 0 bridgehead atoms. The molecule has 1 atom stereocenters. The second-order valence-electron chi connectivity index (χ2n) is 5.88. The second kappa shape index (κ2) is 7.09. The zero-order chi connectivity index (χ0) is 16.1. The molecule has 2 aromatic carbocycles. The fraction of sp³-hybridized carbons (Fsp3) is 0.263. The molecule has 3 rings (SSSR count). The van der Waals surface area contributed by atoms with Gasteiger partial charge in [-0.15, -0.1) is 0 Å². The number of anilines is 1. The zero-order valence-electron chi connectivity index (χ0n) is 12.9. The van der Waals surface area contributed by atoms with Crippen LogP contribution in [0.25, 0.3) is 0 Å². The maximum Gasteiger partial charge on any atom is 0.227 e. The van der Waals surface area contributed by atoms with Crippen LogP contribution < -0.4 is 10.2 Å². The van der Waals surface area contributed by atoms with Gasteiger partial charge >= 0.3 is 0 Å². The number of nitrogens with zero attached hydrogens (tertiary/aromatic N) is 1. The summed E-state index contributed by atoms with van der Waals surface area (Å²) < 4.78 is 0. The minimum Gasteiger partial charge on any atom is -0.355 e. The summed E-state index contributed by atoms with van der Waals surface area (Å²) in [5.74, 6) is 0.294. The SMILES string of the molecule is O=C(Cc1ccccc1)NC[C@H]1CC(=O)N(c2ccccc2)C1. The second-order valence-corrected chi connectivity index (χ2v) is 5.88. The summed E-state index contributed by atoms with van der Waals surface area (Å²) in [6, 6.07) is 19.3. The number of nitrogens with one attached hydrogen (secondary N) is 1. The number of hydrogen-bond acceptors (Lipinski definition) is 2. The molecule has 1 N–H and O–H groups in total. The standard InChI is InChI=1S/C19H20N2O2/c22-18(11-15-7-3-1-4-8-15)20-13-16-12-19(23)21(14-16)17-9-5-2-6-10-17/h1-10,16H,11-14H2,(H,20,22)/t16-/m1/s1. The largest absolute Gasteiger partial charge is 0.355 e. The highest BCUT2D eigenvalue weighted by atomic mass is 16.2. The van der Waals surface area contributed by atoms with Gasteiger partial charge in [0, 0.05) is 31.1 Å². The molecule has 1 aliphatic rings. The third-order valence-corrected chi connectivity index (χ3v) is 4.07. The van der Waals surface area contributed by atoms with Crippen molar-refractivity contribution in [2.75, 3.05) is 18.0 Å². The summed E-state index contributed by atoms with van der Waals surface area (Å²) in [7, 11) is 0. The van der Waals surface area contributed by atoms with E-state index in [2.05, 4.69) is 5.32 Å². The molecule has 118 valence electrons. The summed E-state index contributed by atoms with van der Waals surface area (Å²) >= 11 is 0. The van der Waals surface area contributed by atoms with Gasteiger partial charge in [0.05, 0.1) is 6.42 Å². The lowest BCUT2D eigenvalue weighted by Gasteiger charge is -2.16. The van der Waals surface area contributed by atoms with Gasteiger partial charge in [0.2, 0.25) is 11.8 Å². The van der Waals surface area contributed by atoms with Crippen molar-refractivity contribution < 1.29 is 9.59 Å². The Labute approximate surface area is 136 Å². The van der Waals surface area contributed by atoms with Gasteiger partial charge in [-0.2, -0.15) is 0 Å². The van der Waals surface area contributed by atoms with Crippen LogP contribution in [0.5, 0.6) is 0 Å². The first kappa shape index (κ1) is 15.3. The van der Waals surface area contributed by atoms with Gasteiger partial charge in [0.25, 0.3) is 0 Å². The summed E-state index contributed by atoms with van der Waals surface area (Å²) in [5, 5.41) is 2.95. The summed E-state index contributed by atoms with van der Waals surface area (Å²) in [6.45, 7) is 1.20. The van der Waals surface area contributed by atoms with Crippen LogP contribution in [-0.4, -0.2) is 24.9 Å². The highest BCUT2D eigenvalue weighted by Crippen LogP contribution is 2.24. The molecule has 0 aromatic heterocycles. The topological polar surface area (TPSA) is 49.4 Å². The molecule has 4 nitrogen and oxygen atoms in total. The lowest BCUT2D eigenvalue weighted by molar-refractivity contribution is -0.121. The van der Waals surface area contributed by atoms with E-state index in [0.717, 1.165) is 11.3 Å². The van der Waals surface area contributed by atoms with E-state index < -0.39 is 0 Å².